The van der Waals surface area contributed by atoms with Crippen molar-refractivity contribution in [1.29, 1.82) is 0 Å². The number of aryl methyl sites for hydroxylation is 1. The fraction of sp³-hybridized carbons (Fsp3) is 0.294. The van der Waals surface area contributed by atoms with Crippen LogP contribution in [-0.2, 0) is 5.92 Å². The minimum atomic E-state index is -3.04. The molecule has 2 N–H and O–H groups in total. The first-order valence-corrected chi connectivity index (χ1v) is 6.82. The van der Waals surface area contributed by atoms with E-state index in [0.717, 1.165) is 11.1 Å². The van der Waals surface area contributed by atoms with E-state index >= 15 is 0 Å². The summed E-state index contributed by atoms with van der Waals surface area (Å²) in [6.07, 6.45) is 0. The second kappa shape index (κ2) is 6.22. The van der Waals surface area contributed by atoms with Crippen molar-refractivity contribution in [2.45, 2.75) is 25.8 Å². The van der Waals surface area contributed by atoms with Crippen LogP contribution in [0, 0.1) is 6.92 Å². The molecule has 1 atom stereocenters. The van der Waals surface area contributed by atoms with Crippen molar-refractivity contribution < 1.29 is 13.5 Å². The maximum Gasteiger partial charge on any atom is 0.306 e. The first kappa shape index (κ1) is 15.4. The third-order valence-corrected chi connectivity index (χ3v) is 3.26. The van der Waals surface area contributed by atoms with E-state index in [1.54, 1.807) is 31.2 Å². The molecule has 0 fully saturated rings. The van der Waals surface area contributed by atoms with Crippen LogP contribution in [0.3, 0.4) is 0 Å². The molecule has 1 unspecified atom stereocenters. The fourth-order valence-corrected chi connectivity index (χ4v) is 2.08. The molecule has 0 aliphatic carbocycles. The molecule has 2 rings (SSSR count). The van der Waals surface area contributed by atoms with E-state index in [4.69, 9.17) is 10.5 Å². The van der Waals surface area contributed by atoms with E-state index in [0.29, 0.717) is 5.75 Å². The summed E-state index contributed by atoms with van der Waals surface area (Å²) in [5.74, 6) is -2.62. The van der Waals surface area contributed by atoms with E-state index in [9.17, 15) is 8.78 Å². The van der Waals surface area contributed by atoms with Crippen LogP contribution in [0.4, 0.5) is 8.78 Å². The lowest BCUT2D eigenvalue weighted by Crippen LogP contribution is -2.23. The molecule has 0 bridgehead atoms. The number of ether oxygens (including phenoxy) is 1. The molecule has 0 heterocycles. The van der Waals surface area contributed by atoms with Crippen LogP contribution in [0.5, 0.6) is 5.75 Å². The Kier molecular flexibility index (Phi) is 4.58. The van der Waals surface area contributed by atoms with Gasteiger partial charge in [0.05, 0.1) is 0 Å². The highest BCUT2D eigenvalue weighted by molar-refractivity contribution is 5.39. The highest BCUT2D eigenvalue weighted by atomic mass is 19.3. The van der Waals surface area contributed by atoms with Gasteiger partial charge in [0, 0.05) is 17.2 Å². The molecule has 0 radical (unpaired) electrons. The Morgan fingerprint density at radius 1 is 1.14 bits per heavy atom. The predicted molar refractivity (Wildman–Crippen MR) is 79.6 cm³/mol. The van der Waals surface area contributed by atoms with Crippen LogP contribution < -0.4 is 10.5 Å². The van der Waals surface area contributed by atoms with E-state index < -0.39 is 12.5 Å². The van der Waals surface area contributed by atoms with Gasteiger partial charge in [-0.05, 0) is 25.5 Å². The van der Waals surface area contributed by atoms with Crippen molar-refractivity contribution in [3.05, 3.63) is 65.2 Å². The van der Waals surface area contributed by atoms with Crippen LogP contribution in [0.2, 0.25) is 0 Å². The molecule has 0 aromatic heterocycles. The number of hydrogen-bond acceptors (Lipinski definition) is 2. The fourth-order valence-electron chi connectivity index (χ4n) is 2.08. The molecule has 2 aromatic rings. The highest BCUT2D eigenvalue weighted by Gasteiger charge is 2.32. The van der Waals surface area contributed by atoms with Crippen molar-refractivity contribution in [3.63, 3.8) is 0 Å². The molecule has 112 valence electrons. The van der Waals surface area contributed by atoms with Crippen molar-refractivity contribution in [3.8, 4) is 5.75 Å². The van der Waals surface area contributed by atoms with Crippen LogP contribution in [0.25, 0.3) is 0 Å². The summed E-state index contributed by atoms with van der Waals surface area (Å²) in [4.78, 5) is 0. The van der Waals surface area contributed by atoms with Gasteiger partial charge in [0.2, 0.25) is 0 Å². The molecule has 0 aliphatic heterocycles. The zero-order valence-electron chi connectivity index (χ0n) is 12.1. The van der Waals surface area contributed by atoms with Gasteiger partial charge < -0.3 is 10.5 Å². The molecular weight excluding hydrogens is 272 g/mol. The van der Waals surface area contributed by atoms with Crippen molar-refractivity contribution in [1.82, 2.24) is 0 Å². The topological polar surface area (TPSA) is 35.2 Å². The maximum atomic E-state index is 14.1. The molecule has 0 saturated heterocycles. The Balaban J connectivity index is 2.18. The molecule has 4 heteroatoms. The van der Waals surface area contributed by atoms with Gasteiger partial charge in [0.15, 0.2) is 6.61 Å². The summed E-state index contributed by atoms with van der Waals surface area (Å²) in [7, 11) is 0. The summed E-state index contributed by atoms with van der Waals surface area (Å²) in [5, 5.41) is 0. The van der Waals surface area contributed by atoms with Crippen LogP contribution in [-0.4, -0.2) is 6.61 Å². The van der Waals surface area contributed by atoms with Gasteiger partial charge in [0.1, 0.15) is 5.75 Å². The van der Waals surface area contributed by atoms with Gasteiger partial charge >= 0.3 is 5.92 Å². The number of alkyl halides is 2. The van der Waals surface area contributed by atoms with Crippen LogP contribution in [0.1, 0.15) is 29.7 Å². The average Bonchev–Trinajstić information content (AvgIpc) is 2.46. The third-order valence-electron chi connectivity index (χ3n) is 3.26. The van der Waals surface area contributed by atoms with Gasteiger partial charge in [-0.3, -0.25) is 0 Å². The number of benzene rings is 2. The van der Waals surface area contributed by atoms with E-state index in [-0.39, 0.29) is 11.6 Å². The predicted octanol–water partition coefficient (Wildman–Crippen LogP) is 4.19. The van der Waals surface area contributed by atoms with Crippen LogP contribution >= 0.6 is 0 Å². The zero-order chi connectivity index (χ0) is 15.5. The van der Waals surface area contributed by atoms with Gasteiger partial charge in [-0.15, -0.1) is 0 Å². The molecule has 0 spiro atoms. The molecule has 2 nitrogen and oxygen atoms in total. The van der Waals surface area contributed by atoms with Crippen molar-refractivity contribution >= 4 is 0 Å². The SMILES string of the molecule is Cc1ccc(C(C)N)c(OCC(F)(F)c2ccccc2)c1. The summed E-state index contributed by atoms with van der Waals surface area (Å²) in [6, 6.07) is 12.8. The average molecular weight is 291 g/mol. The smallest absolute Gasteiger partial charge is 0.306 e. The second-order valence-corrected chi connectivity index (χ2v) is 5.19. The molecule has 21 heavy (non-hydrogen) atoms. The first-order valence-electron chi connectivity index (χ1n) is 6.82. The van der Waals surface area contributed by atoms with Crippen LogP contribution in [0.15, 0.2) is 48.5 Å². The van der Waals surface area contributed by atoms with Gasteiger partial charge in [-0.25, -0.2) is 0 Å². The number of nitrogens with two attached hydrogens (primary N) is 1. The number of hydrogen-bond donors (Lipinski definition) is 1. The number of halogens is 2. The quantitative estimate of drug-likeness (QED) is 0.896. The second-order valence-electron chi connectivity index (χ2n) is 5.19. The minimum absolute atomic E-state index is 0.0556. The Morgan fingerprint density at radius 3 is 2.43 bits per heavy atom. The lowest BCUT2D eigenvalue weighted by molar-refractivity contribution is -0.0470. The minimum Gasteiger partial charge on any atom is -0.487 e. The molecular formula is C17H19F2NO. The standard InChI is InChI=1S/C17H19F2NO/c1-12-8-9-15(13(2)20)16(10-12)21-11-17(18,19)14-6-4-3-5-7-14/h3-10,13H,11,20H2,1-2H3. The Bertz CT molecular complexity index is 597. The Hall–Kier alpha value is -1.94. The normalized spacial score (nSPS) is 13.0. The molecule has 0 aliphatic rings. The van der Waals surface area contributed by atoms with E-state index in [1.807, 2.05) is 19.1 Å². The highest BCUT2D eigenvalue weighted by Crippen LogP contribution is 2.31. The molecule has 2 aromatic carbocycles. The molecule has 0 saturated carbocycles. The monoisotopic (exact) mass is 291 g/mol. The van der Waals surface area contributed by atoms with E-state index in [1.165, 1.54) is 12.1 Å². The lowest BCUT2D eigenvalue weighted by Gasteiger charge is -2.20. The molecule has 0 amide bonds. The van der Waals surface area contributed by atoms with Crippen molar-refractivity contribution in [2.24, 2.45) is 5.73 Å². The maximum absolute atomic E-state index is 14.1. The summed E-state index contributed by atoms with van der Waals surface area (Å²) >= 11 is 0. The number of rotatable bonds is 5. The lowest BCUT2D eigenvalue weighted by atomic mass is 10.1. The van der Waals surface area contributed by atoms with E-state index in [2.05, 4.69) is 0 Å². The summed E-state index contributed by atoms with van der Waals surface area (Å²) < 4.78 is 33.6. The zero-order valence-corrected chi connectivity index (χ0v) is 12.1. The van der Waals surface area contributed by atoms with Crippen molar-refractivity contribution in [2.75, 3.05) is 6.61 Å². The summed E-state index contributed by atoms with van der Waals surface area (Å²) in [6.45, 7) is 2.97. The Morgan fingerprint density at radius 2 is 1.81 bits per heavy atom. The summed E-state index contributed by atoms with van der Waals surface area (Å²) in [5.41, 5.74) is 7.46. The third kappa shape index (κ3) is 3.79. The van der Waals surface area contributed by atoms with Gasteiger partial charge in [0.25, 0.3) is 0 Å². The first-order chi connectivity index (χ1) is 9.90. The largest absolute Gasteiger partial charge is 0.487 e. The van der Waals surface area contributed by atoms with Gasteiger partial charge in [-0.2, -0.15) is 8.78 Å². The Labute approximate surface area is 123 Å². The van der Waals surface area contributed by atoms with Gasteiger partial charge in [-0.1, -0.05) is 42.5 Å².